The van der Waals surface area contributed by atoms with Gasteiger partial charge in [0.1, 0.15) is 5.82 Å². The van der Waals surface area contributed by atoms with Crippen LogP contribution in [0.25, 0.3) is 10.9 Å². The molecule has 0 atom stereocenters. The Hall–Kier alpha value is -2.62. The molecule has 0 unspecified atom stereocenters. The van der Waals surface area contributed by atoms with Crippen LogP contribution < -0.4 is 5.32 Å². The number of aryl methyl sites for hydroxylation is 2. The van der Waals surface area contributed by atoms with Gasteiger partial charge in [0.05, 0.1) is 5.41 Å². The van der Waals surface area contributed by atoms with Crippen LogP contribution in [0.5, 0.6) is 0 Å². The van der Waals surface area contributed by atoms with Gasteiger partial charge in [-0.3, -0.25) is 4.79 Å². The van der Waals surface area contributed by atoms with Crippen molar-refractivity contribution in [3.8, 4) is 0 Å². The Kier molecular flexibility index (Phi) is 3.23. The van der Waals surface area contributed by atoms with Crippen molar-refractivity contribution in [3.05, 3.63) is 65.1 Å². The van der Waals surface area contributed by atoms with Gasteiger partial charge in [0, 0.05) is 22.8 Å². The number of fused-ring (bicyclic) bond motifs is 1. The number of nitrogens with one attached hydrogen (secondary N) is 2. The highest BCUT2D eigenvalue weighted by Gasteiger charge is 2.52. The van der Waals surface area contributed by atoms with Crippen LogP contribution >= 0.6 is 0 Å². The van der Waals surface area contributed by atoms with Crippen LogP contribution in [0, 0.1) is 19.7 Å². The van der Waals surface area contributed by atoms with Crippen LogP contribution in [0.15, 0.2) is 42.6 Å². The first kappa shape index (κ1) is 14.9. The van der Waals surface area contributed by atoms with Crippen molar-refractivity contribution >= 4 is 22.5 Å². The summed E-state index contributed by atoms with van der Waals surface area (Å²) < 4.78 is 13.4. The van der Waals surface area contributed by atoms with E-state index < -0.39 is 5.41 Å². The Balaban J connectivity index is 1.68. The molecule has 1 saturated carbocycles. The Morgan fingerprint density at radius 1 is 1.17 bits per heavy atom. The first-order valence-corrected chi connectivity index (χ1v) is 8.15. The first-order chi connectivity index (χ1) is 11.5. The molecule has 1 amide bonds. The molecular formula is C20H19FN2O. The highest BCUT2D eigenvalue weighted by Crippen LogP contribution is 2.51. The van der Waals surface area contributed by atoms with E-state index in [0.29, 0.717) is 0 Å². The Labute approximate surface area is 139 Å². The van der Waals surface area contributed by atoms with Gasteiger partial charge in [0.15, 0.2) is 0 Å². The van der Waals surface area contributed by atoms with Crippen molar-refractivity contribution in [3.63, 3.8) is 0 Å². The molecule has 4 rings (SSSR count). The number of H-pyrrole nitrogens is 1. The fourth-order valence-corrected chi connectivity index (χ4v) is 3.43. The molecule has 1 aliphatic carbocycles. The van der Waals surface area contributed by atoms with Crippen molar-refractivity contribution in [1.82, 2.24) is 4.98 Å². The molecule has 1 fully saturated rings. The molecule has 1 aromatic heterocycles. The average Bonchev–Trinajstić information content (AvgIpc) is 3.24. The molecule has 1 aliphatic rings. The lowest BCUT2D eigenvalue weighted by atomic mass is 9.94. The molecule has 0 spiro atoms. The largest absolute Gasteiger partial charge is 0.361 e. The number of benzene rings is 2. The quantitative estimate of drug-likeness (QED) is 0.727. The second-order valence-corrected chi connectivity index (χ2v) is 6.75. The molecular weight excluding hydrogens is 303 g/mol. The number of amides is 1. The summed E-state index contributed by atoms with van der Waals surface area (Å²) in [5.41, 5.74) is 4.26. The Bertz CT molecular complexity index is 953. The van der Waals surface area contributed by atoms with Crippen molar-refractivity contribution < 1.29 is 9.18 Å². The predicted molar refractivity (Wildman–Crippen MR) is 93.7 cm³/mol. The zero-order chi connectivity index (χ0) is 16.9. The molecule has 3 nitrogen and oxygen atoms in total. The third kappa shape index (κ3) is 2.30. The van der Waals surface area contributed by atoms with Crippen LogP contribution in [0.4, 0.5) is 10.1 Å². The number of aromatic nitrogens is 1. The van der Waals surface area contributed by atoms with Crippen LogP contribution in [-0.2, 0) is 10.2 Å². The molecule has 0 bridgehead atoms. The summed E-state index contributed by atoms with van der Waals surface area (Å²) in [6.45, 7) is 4.03. The van der Waals surface area contributed by atoms with Crippen molar-refractivity contribution in [2.24, 2.45) is 0 Å². The van der Waals surface area contributed by atoms with E-state index in [1.807, 2.05) is 32.2 Å². The maximum Gasteiger partial charge on any atom is 0.235 e. The van der Waals surface area contributed by atoms with E-state index in [1.54, 1.807) is 6.07 Å². The third-order valence-corrected chi connectivity index (χ3v) is 4.97. The van der Waals surface area contributed by atoms with Gasteiger partial charge in [-0.25, -0.2) is 4.39 Å². The fraction of sp³-hybridized carbons (Fsp3) is 0.250. The molecule has 4 heteroatoms. The monoisotopic (exact) mass is 322 g/mol. The minimum absolute atomic E-state index is 0.0136. The van der Waals surface area contributed by atoms with Gasteiger partial charge in [0.2, 0.25) is 5.91 Å². The lowest BCUT2D eigenvalue weighted by Gasteiger charge is -2.16. The molecule has 0 saturated heterocycles. The molecule has 24 heavy (non-hydrogen) atoms. The fourth-order valence-electron chi connectivity index (χ4n) is 3.43. The summed E-state index contributed by atoms with van der Waals surface area (Å²) in [6.07, 6.45) is 3.47. The van der Waals surface area contributed by atoms with Crippen LogP contribution in [0.2, 0.25) is 0 Å². The van der Waals surface area contributed by atoms with Gasteiger partial charge < -0.3 is 10.3 Å². The van der Waals surface area contributed by atoms with E-state index in [-0.39, 0.29) is 11.7 Å². The number of carbonyl (C=O) groups excluding carboxylic acids is 1. The van der Waals surface area contributed by atoms with Crippen LogP contribution in [0.3, 0.4) is 0 Å². The Morgan fingerprint density at radius 3 is 2.67 bits per heavy atom. The maximum absolute atomic E-state index is 13.4. The second-order valence-electron chi connectivity index (χ2n) is 6.75. The van der Waals surface area contributed by atoms with E-state index in [2.05, 4.69) is 16.4 Å². The van der Waals surface area contributed by atoms with Crippen LogP contribution in [-0.4, -0.2) is 10.9 Å². The number of aromatic amines is 1. The zero-order valence-corrected chi connectivity index (χ0v) is 13.7. The lowest BCUT2D eigenvalue weighted by molar-refractivity contribution is -0.118. The summed E-state index contributed by atoms with van der Waals surface area (Å²) in [5.74, 6) is -0.264. The van der Waals surface area contributed by atoms with Gasteiger partial charge in [-0.1, -0.05) is 17.7 Å². The van der Waals surface area contributed by atoms with Crippen LogP contribution in [0.1, 0.15) is 29.5 Å². The minimum atomic E-state index is -0.507. The number of halogens is 1. The zero-order valence-electron chi connectivity index (χ0n) is 13.7. The maximum atomic E-state index is 13.4. The van der Waals surface area contributed by atoms with E-state index in [0.717, 1.165) is 40.6 Å². The summed E-state index contributed by atoms with van der Waals surface area (Å²) >= 11 is 0. The highest BCUT2D eigenvalue weighted by atomic mass is 19.1. The molecule has 3 aromatic rings. The van der Waals surface area contributed by atoms with Crippen molar-refractivity contribution in [2.45, 2.75) is 32.1 Å². The number of rotatable bonds is 3. The smallest absolute Gasteiger partial charge is 0.235 e. The van der Waals surface area contributed by atoms with Gasteiger partial charge >= 0.3 is 0 Å². The molecule has 0 aliphatic heterocycles. The molecule has 2 N–H and O–H groups in total. The number of anilines is 1. The van der Waals surface area contributed by atoms with E-state index in [1.165, 1.54) is 17.7 Å². The first-order valence-electron chi connectivity index (χ1n) is 8.15. The predicted octanol–water partition coefficient (Wildman–Crippen LogP) is 4.59. The number of hydrogen-bond donors (Lipinski definition) is 2. The Morgan fingerprint density at radius 2 is 1.96 bits per heavy atom. The van der Waals surface area contributed by atoms with E-state index in [4.69, 9.17) is 0 Å². The average molecular weight is 322 g/mol. The minimum Gasteiger partial charge on any atom is -0.361 e. The highest BCUT2D eigenvalue weighted by molar-refractivity contribution is 6.04. The normalized spacial score (nSPS) is 15.5. The summed E-state index contributed by atoms with van der Waals surface area (Å²) in [7, 11) is 0. The molecule has 2 aromatic carbocycles. The SMILES string of the molecule is Cc1ccc(NC(=O)C2(c3c[nH]c4cc(F)ccc34)CC2)c(C)c1. The van der Waals surface area contributed by atoms with Gasteiger partial charge in [0.25, 0.3) is 0 Å². The lowest BCUT2D eigenvalue weighted by Crippen LogP contribution is -2.28. The number of carbonyl (C=O) groups is 1. The summed E-state index contributed by atoms with van der Waals surface area (Å²) in [5, 5.41) is 4.00. The van der Waals surface area contributed by atoms with Gasteiger partial charge in [-0.05, 0) is 62.1 Å². The van der Waals surface area contributed by atoms with Crippen molar-refractivity contribution in [2.75, 3.05) is 5.32 Å². The molecule has 0 radical (unpaired) electrons. The van der Waals surface area contributed by atoms with E-state index in [9.17, 15) is 9.18 Å². The summed E-state index contributed by atoms with van der Waals surface area (Å²) in [4.78, 5) is 16.0. The molecule has 122 valence electrons. The van der Waals surface area contributed by atoms with Gasteiger partial charge in [-0.2, -0.15) is 0 Å². The standard InChI is InChI=1S/C20H19FN2O/c1-12-3-6-17(13(2)9-12)23-19(24)20(7-8-20)16-11-22-18-10-14(21)4-5-15(16)18/h3-6,9-11,22H,7-8H2,1-2H3,(H,23,24). The van der Waals surface area contributed by atoms with E-state index >= 15 is 0 Å². The third-order valence-electron chi connectivity index (χ3n) is 4.97. The number of hydrogen-bond acceptors (Lipinski definition) is 1. The molecule has 1 heterocycles. The topological polar surface area (TPSA) is 44.9 Å². The van der Waals surface area contributed by atoms with Gasteiger partial charge in [-0.15, -0.1) is 0 Å². The second kappa shape index (κ2) is 5.20. The summed E-state index contributed by atoms with van der Waals surface area (Å²) in [6, 6.07) is 10.7. The van der Waals surface area contributed by atoms with Crippen molar-refractivity contribution in [1.29, 1.82) is 0 Å².